The molecule has 0 radical (unpaired) electrons. The number of nitrogens with zero attached hydrogens (tertiary/aromatic N) is 1. The zero-order chi connectivity index (χ0) is 14.0. The van der Waals surface area contributed by atoms with E-state index in [0.29, 0.717) is 18.2 Å². The van der Waals surface area contributed by atoms with Gasteiger partial charge in [-0.2, -0.15) is 11.8 Å². The molecule has 0 aromatic rings. The van der Waals surface area contributed by atoms with E-state index in [4.69, 9.17) is 0 Å². The first-order valence-electron chi connectivity index (χ1n) is 6.70. The van der Waals surface area contributed by atoms with E-state index in [1.165, 1.54) is 6.26 Å². The summed E-state index contributed by atoms with van der Waals surface area (Å²) in [4.78, 5) is 14.1. The molecular formula is C12H22N2O3S2. The third-order valence-corrected chi connectivity index (χ3v) is 6.47. The molecule has 1 N–H and O–H groups in total. The SMILES string of the molecule is CC1CCNC(C(=O)N2CCSCC2S(C)(=O)=O)C1. The van der Waals surface area contributed by atoms with Gasteiger partial charge < -0.3 is 10.2 Å². The van der Waals surface area contributed by atoms with Gasteiger partial charge in [-0.25, -0.2) is 8.42 Å². The molecule has 3 unspecified atom stereocenters. The highest BCUT2D eigenvalue weighted by Gasteiger charge is 2.38. The Hall–Kier alpha value is -0.270. The lowest BCUT2D eigenvalue weighted by Crippen LogP contribution is -2.57. The standard InChI is InChI=1S/C12H22N2O3S2/c1-9-3-4-13-10(7-9)12(15)14-5-6-18-8-11(14)19(2,16)17/h9-11,13H,3-8H2,1-2H3. The lowest BCUT2D eigenvalue weighted by Gasteiger charge is -2.38. The first-order valence-corrected chi connectivity index (χ1v) is 9.81. The molecule has 5 nitrogen and oxygen atoms in total. The van der Waals surface area contributed by atoms with Crippen LogP contribution in [0.4, 0.5) is 0 Å². The van der Waals surface area contributed by atoms with Crippen LogP contribution in [0.2, 0.25) is 0 Å². The van der Waals surface area contributed by atoms with E-state index in [-0.39, 0.29) is 11.9 Å². The van der Waals surface area contributed by atoms with Gasteiger partial charge in [-0.15, -0.1) is 0 Å². The Morgan fingerprint density at radius 1 is 1.42 bits per heavy atom. The maximum Gasteiger partial charge on any atom is 0.240 e. The van der Waals surface area contributed by atoms with E-state index in [9.17, 15) is 13.2 Å². The van der Waals surface area contributed by atoms with Gasteiger partial charge in [0.2, 0.25) is 5.91 Å². The molecule has 0 bridgehead atoms. The van der Waals surface area contributed by atoms with Crippen molar-refractivity contribution in [1.29, 1.82) is 0 Å². The third kappa shape index (κ3) is 3.64. The average Bonchev–Trinajstić information content (AvgIpc) is 2.37. The van der Waals surface area contributed by atoms with Crippen molar-refractivity contribution in [2.24, 2.45) is 5.92 Å². The Morgan fingerprint density at radius 3 is 2.79 bits per heavy atom. The molecule has 2 fully saturated rings. The largest absolute Gasteiger partial charge is 0.323 e. The van der Waals surface area contributed by atoms with Crippen molar-refractivity contribution in [2.75, 3.05) is 30.9 Å². The Morgan fingerprint density at radius 2 is 2.16 bits per heavy atom. The zero-order valence-corrected chi connectivity index (χ0v) is 13.1. The highest BCUT2D eigenvalue weighted by Crippen LogP contribution is 2.23. The van der Waals surface area contributed by atoms with Gasteiger partial charge in [0.25, 0.3) is 0 Å². The maximum atomic E-state index is 12.5. The van der Waals surface area contributed by atoms with Crippen molar-refractivity contribution < 1.29 is 13.2 Å². The molecule has 0 saturated carbocycles. The topological polar surface area (TPSA) is 66.5 Å². The summed E-state index contributed by atoms with van der Waals surface area (Å²) in [5.74, 6) is 1.79. The molecule has 2 heterocycles. The van der Waals surface area contributed by atoms with Gasteiger partial charge in [-0.05, 0) is 25.3 Å². The number of carbonyl (C=O) groups is 1. The maximum absolute atomic E-state index is 12.5. The first-order chi connectivity index (χ1) is 8.89. The second-order valence-corrected chi connectivity index (χ2v) is 8.88. The molecule has 2 aliphatic rings. The smallest absolute Gasteiger partial charge is 0.240 e. The van der Waals surface area contributed by atoms with E-state index < -0.39 is 15.2 Å². The van der Waals surface area contributed by atoms with Gasteiger partial charge in [0.1, 0.15) is 5.37 Å². The van der Waals surface area contributed by atoms with Gasteiger partial charge in [-0.3, -0.25) is 4.79 Å². The number of amides is 1. The predicted molar refractivity (Wildman–Crippen MR) is 77.9 cm³/mol. The summed E-state index contributed by atoms with van der Waals surface area (Å²) in [5.41, 5.74) is 0. The van der Waals surface area contributed by atoms with E-state index >= 15 is 0 Å². The Balaban J connectivity index is 2.11. The third-order valence-electron chi connectivity index (χ3n) is 3.83. The van der Waals surface area contributed by atoms with Gasteiger partial charge in [0, 0.05) is 24.3 Å². The molecule has 0 aromatic heterocycles. The van der Waals surface area contributed by atoms with Crippen LogP contribution in [-0.2, 0) is 14.6 Å². The van der Waals surface area contributed by atoms with Gasteiger partial charge in [-0.1, -0.05) is 6.92 Å². The van der Waals surface area contributed by atoms with Gasteiger partial charge in [0.05, 0.1) is 6.04 Å². The van der Waals surface area contributed by atoms with Crippen molar-refractivity contribution in [2.45, 2.75) is 31.2 Å². The van der Waals surface area contributed by atoms with Crippen LogP contribution in [-0.4, -0.2) is 61.5 Å². The van der Waals surface area contributed by atoms with Crippen LogP contribution >= 0.6 is 11.8 Å². The molecule has 3 atom stereocenters. The fraction of sp³-hybridized carbons (Fsp3) is 0.917. The van der Waals surface area contributed by atoms with Crippen LogP contribution in [0.3, 0.4) is 0 Å². The van der Waals surface area contributed by atoms with Crippen molar-refractivity contribution in [1.82, 2.24) is 10.2 Å². The van der Waals surface area contributed by atoms with Crippen LogP contribution < -0.4 is 5.32 Å². The van der Waals surface area contributed by atoms with Gasteiger partial charge in [0.15, 0.2) is 9.84 Å². The summed E-state index contributed by atoms with van der Waals surface area (Å²) in [6.07, 6.45) is 3.11. The number of hydrogen-bond donors (Lipinski definition) is 1. The van der Waals surface area contributed by atoms with Crippen LogP contribution in [0, 0.1) is 5.92 Å². The normalized spacial score (nSPS) is 33.2. The van der Waals surface area contributed by atoms with Crippen LogP contribution in [0.1, 0.15) is 19.8 Å². The zero-order valence-electron chi connectivity index (χ0n) is 11.5. The van der Waals surface area contributed by atoms with Crippen molar-refractivity contribution in [3.05, 3.63) is 0 Å². The molecule has 110 valence electrons. The van der Waals surface area contributed by atoms with E-state index in [0.717, 1.165) is 25.1 Å². The number of sulfone groups is 1. The Labute approximate surface area is 119 Å². The predicted octanol–water partition coefficient (Wildman–Crippen LogP) is 0.321. The number of hydrogen-bond acceptors (Lipinski definition) is 5. The summed E-state index contributed by atoms with van der Waals surface area (Å²) in [6, 6.07) is -0.212. The molecule has 0 aliphatic carbocycles. The van der Waals surface area contributed by atoms with E-state index in [1.807, 2.05) is 0 Å². The monoisotopic (exact) mass is 306 g/mol. The van der Waals surface area contributed by atoms with Crippen LogP contribution in [0.5, 0.6) is 0 Å². The number of rotatable bonds is 2. The highest BCUT2D eigenvalue weighted by molar-refractivity contribution is 8.00. The Kier molecular flexibility index (Phi) is 4.79. The lowest BCUT2D eigenvalue weighted by atomic mass is 9.93. The molecule has 2 rings (SSSR count). The average molecular weight is 306 g/mol. The van der Waals surface area contributed by atoms with Crippen molar-refractivity contribution in [3.63, 3.8) is 0 Å². The van der Waals surface area contributed by atoms with Gasteiger partial charge >= 0.3 is 0 Å². The number of piperidine rings is 1. The quantitative estimate of drug-likeness (QED) is 0.796. The number of thioether (sulfide) groups is 1. The van der Waals surface area contributed by atoms with E-state index in [1.54, 1.807) is 16.7 Å². The molecule has 0 aromatic carbocycles. The Bertz CT molecular complexity index is 438. The summed E-state index contributed by atoms with van der Waals surface area (Å²) >= 11 is 1.60. The highest BCUT2D eigenvalue weighted by atomic mass is 32.2. The molecule has 7 heteroatoms. The molecule has 2 aliphatic heterocycles. The summed E-state index contributed by atoms with van der Waals surface area (Å²) < 4.78 is 23.6. The second kappa shape index (κ2) is 6.01. The van der Waals surface area contributed by atoms with Crippen molar-refractivity contribution in [3.8, 4) is 0 Å². The lowest BCUT2D eigenvalue weighted by molar-refractivity contribution is -0.134. The fourth-order valence-corrected chi connectivity index (χ4v) is 5.51. The first kappa shape index (κ1) is 15.1. The summed E-state index contributed by atoms with van der Waals surface area (Å²) in [7, 11) is -3.22. The molecular weight excluding hydrogens is 284 g/mol. The minimum absolute atomic E-state index is 0.0396. The van der Waals surface area contributed by atoms with Crippen molar-refractivity contribution >= 4 is 27.5 Å². The summed E-state index contributed by atoms with van der Waals surface area (Å²) in [5, 5.41) is 2.57. The molecule has 1 amide bonds. The minimum atomic E-state index is -3.22. The van der Waals surface area contributed by atoms with Crippen LogP contribution in [0.15, 0.2) is 0 Å². The molecule has 2 saturated heterocycles. The van der Waals surface area contributed by atoms with Crippen LogP contribution in [0.25, 0.3) is 0 Å². The summed E-state index contributed by atoms with van der Waals surface area (Å²) in [6.45, 7) is 3.51. The molecule has 0 spiro atoms. The number of carbonyl (C=O) groups excluding carboxylic acids is 1. The molecule has 19 heavy (non-hydrogen) atoms. The minimum Gasteiger partial charge on any atom is -0.323 e. The van der Waals surface area contributed by atoms with E-state index in [2.05, 4.69) is 12.2 Å². The number of nitrogens with one attached hydrogen (secondary N) is 1. The fourth-order valence-electron chi connectivity index (χ4n) is 2.68. The second-order valence-electron chi connectivity index (χ2n) is 5.53.